The van der Waals surface area contributed by atoms with E-state index in [1.165, 1.54) is 0 Å². The fraction of sp³-hybridized carbons (Fsp3) is 0.619. The number of amides is 3. The summed E-state index contributed by atoms with van der Waals surface area (Å²) in [6.45, 7) is 2.48. The van der Waals surface area contributed by atoms with Crippen LogP contribution in [-0.2, 0) is 20.9 Å². The predicted molar refractivity (Wildman–Crippen MR) is 105 cm³/mol. The first-order chi connectivity index (χ1) is 13.6. The van der Waals surface area contributed by atoms with Crippen molar-refractivity contribution in [3.63, 3.8) is 0 Å². The second-order valence-electron chi connectivity index (χ2n) is 7.71. The van der Waals surface area contributed by atoms with E-state index in [2.05, 4.69) is 10.3 Å². The number of hydrogen-bond donors (Lipinski definition) is 1. The lowest BCUT2D eigenvalue weighted by molar-refractivity contribution is -0.142. The highest BCUT2D eigenvalue weighted by molar-refractivity contribution is 5.85. The Morgan fingerprint density at radius 2 is 1.89 bits per heavy atom. The predicted octanol–water partition coefficient (Wildman–Crippen LogP) is 1.73. The first-order valence-corrected chi connectivity index (χ1v) is 10.4. The number of carbonyl (C=O) groups excluding carboxylic acids is 3. The third-order valence-corrected chi connectivity index (χ3v) is 5.66. The topological polar surface area (TPSA) is 82.6 Å². The van der Waals surface area contributed by atoms with Gasteiger partial charge in [0.25, 0.3) is 0 Å². The summed E-state index contributed by atoms with van der Waals surface area (Å²) in [5.74, 6) is 0.0693. The van der Waals surface area contributed by atoms with Crippen molar-refractivity contribution in [2.75, 3.05) is 26.2 Å². The van der Waals surface area contributed by atoms with Crippen LogP contribution >= 0.6 is 0 Å². The molecule has 0 unspecified atom stereocenters. The van der Waals surface area contributed by atoms with Gasteiger partial charge in [-0.3, -0.25) is 19.4 Å². The minimum absolute atomic E-state index is 0.00291. The van der Waals surface area contributed by atoms with Crippen LogP contribution in [0.3, 0.4) is 0 Å². The lowest BCUT2D eigenvalue weighted by atomic mass is 9.95. The maximum atomic E-state index is 12.6. The molecular weight excluding hydrogens is 356 g/mol. The van der Waals surface area contributed by atoms with Crippen molar-refractivity contribution in [1.82, 2.24) is 20.1 Å². The molecule has 3 heterocycles. The molecule has 3 amide bonds. The largest absolute Gasteiger partial charge is 0.352 e. The first-order valence-electron chi connectivity index (χ1n) is 10.4. The van der Waals surface area contributed by atoms with Crippen LogP contribution in [-0.4, -0.2) is 58.7 Å². The molecule has 3 rings (SSSR count). The molecule has 2 fully saturated rings. The first kappa shape index (κ1) is 20.3. The number of rotatable bonds is 5. The van der Waals surface area contributed by atoms with Crippen LogP contribution in [0.25, 0.3) is 0 Å². The van der Waals surface area contributed by atoms with Gasteiger partial charge >= 0.3 is 0 Å². The van der Waals surface area contributed by atoms with Gasteiger partial charge in [0.05, 0.1) is 6.54 Å². The fourth-order valence-corrected chi connectivity index (χ4v) is 3.87. The Hall–Kier alpha value is -2.44. The van der Waals surface area contributed by atoms with E-state index in [1.807, 2.05) is 12.1 Å². The summed E-state index contributed by atoms with van der Waals surface area (Å²) in [6, 6.07) is 3.78. The summed E-state index contributed by atoms with van der Waals surface area (Å²) in [4.78, 5) is 44.8. The van der Waals surface area contributed by atoms with Crippen molar-refractivity contribution < 1.29 is 14.4 Å². The van der Waals surface area contributed by atoms with E-state index in [4.69, 9.17) is 0 Å². The molecule has 1 aromatic rings. The number of nitrogens with zero attached hydrogens (tertiary/aromatic N) is 3. The summed E-state index contributed by atoms with van der Waals surface area (Å²) >= 11 is 0. The number of aromatic nitrogens is 1. The Labute approximate surface area is 166 Å². The van der Waals surface area contributed by atoms with Crippen LogP contribution < -0.4 is 5.32 Å². The van der Waals surface area contributed by atoms with Crippen molar-refractivity contribution in [3.8, 4) is 0 Å². The van der Waals surface area contributed by atoms with E-state index < -0.39 is 0 Å². The van der Waals surface area contributed by atoms with Crippen molar-refractivity contribution in [2.24, 2.45) is 5.92 Å². The molecular formula is C21H30N4O3. The quantitative estimate of drug-likeness (QED) is 0.835. The second-order valence-corrected chi connectivity index (χ2v) is 7.71. The van der Waals surface area contributed by atoms with Crippen molar-refractivity contribution >= 4 is 17.7 Å². The lowest BCUT2D eigenvalue weighted by Gasteiger charge is -2.33. The number of hydrogen-bond acceptors (Lipinski definition) is 4. The molecule has 0 radical (unpaired) electrons. The highest BCUT2D eigenvalue weighted by atomic mass is 16.2. The van der Waals surface area contributed by atoms with E-state index in [0.29, 0.717) is 45.4 Å². The Bertz CT molecular complexity index is 671. The molecule has 0 bridgehead atoms. The Kier molecular flexibility index (Phi) is 7.39. The van der Waals surface area contributed by atoms with Crippen LogP contribution in [0.15, 0.2) is 24.5 Å². The number of pyridine rings is 1. The maximum absolute atomic E-state index is 12.6. The number of piperidine rings is 1. The van der Waals surface area contributed by atoms with Crippen LogP contribution in [0.2, 0.25) is 0 Å². The van der Waals surface area contributed by atoms with Gasteiger partial charge in [0.1, 0.15) is 0 Å². The molecule has 2 aliphatic heterocycles. The third kappa shape index (κ3) is 5.78. The van der Waals surface area contributed by atoms with Crippen molar-refractivity contribution in [2.45, 2.75) is 51.5 Å². The van der Waals surface area contributed by atoms with Crippen LogP contribution in [0, 0.1) is 5.92 Å². The molecule has 2 aliphatic rings. The Balaban J connectivity index is 1.41. The smallest absolute Gasteiger partial charge is 0.242 e. The van der Waals surface area contributed by atoms with Gasteiger partial charge in [0.2, 0.25) is 17.7 Å². The van der Waals surface area contributed by atoms with Gasteiger partial charge in [0, 0.05) is 50.9 Å². The molecule has 0 aliphatic carbocycles. The van der Waals surface area contributed by atoms with Gasteiger partial charge in [-0.1, -0.05) is 18.9 Å². The zero-order valence-corrected chi connectivity index (χ0v) is 16.4. The molecule has 152 valence electrons. The summed E-state index contributed by atoms with van der Waals surface area (Å²) in [7, 11) is 0. The summed E-state index contributed by atoms with van der Waals surface area (Å²) in [5.41, 5.74) is 0.974. The molecule has 7 nitrogen and oxygen atoms in total. The van der Waals surface area contributed by atoms with Gasteiger partial charge in [0.15, 0.2) is 0 Å². The zero-order chi connectivity index (χ0) is 19.8. The van der Waals surface area contributed by atoms with Gasteiger partial charge < -0.3 is 15.1 Å². The summed E-state index contributed by atoms with van der Waals surface area (Å²) in [6.07, 6.45) is 9.44. The van der Waals surface area contributed by atoms with E-state index in [0.717, 1.165) is 31.2 Å². The molecule has 7 heteroatoms. The highest BCUT2D eigenvalue weighted by Crippen LogP contribution is 2.19. The normalized spacial score (nSPS) is 19.1. The molecule has 1 N–H and O–H groups in total. The standard InChI is InChI=1S/C21H30N4O3/c26-19-7-3-1-2-4-11-25(19)16-20(27)24-12-8-18(9-13-24)21(28)23-15-17-6-5-10-22-14-17/h5-6,10,14,18H,1-4,7-9,11-13,15-16H2,(H,23,28). The van der Waals surface area contributed by atoms with Crippen molar-refractivity contribution in [3.05, 3.63) is 30.1 Å². The molecule has 1 aromatic heterocycles. The average Bonchev–Trinajstić information content (AvgIpc) is 2.72. The maximum Gasteiger partial charge on any atom is 0.242 e. The Morgan fingerprint density at radius 3 is 2.64 bits per heavy atom. The molecule has 0 atom stereocenters. The van der Waals surface area contributed by atoms with Gasteiger partial charge in [-0.05, 0) is 37.3 Å². The zero-order valence-electron chi connectivity index (χ0n) is 16.4. The molecule has 0 aromatic carbocycles. The number of likely N-dealkylation sites (tertiary alicyclic amines) is 2. The molecule has 0 saturated carbocycles. The Morgan fingerprint density at radius 1 is 1.11 bits per heavy atom. The SMILES string of the molecule is O=C(NCc1cccnc1)C1CCN(C(=O)CN2CCCCCCC2=O)CC1. The van der Waals surface area contributed by atoms with Crippen LogP contribution in [0.1, 0.15) is 50.5 Å². The lowest BCUT2D eigenvalue weighted by Crippen LogP contribution is -2.47. The molecule has 2 saturated heterocycles. The van der Waals surface area contributed by atoms with E-state index in [9.17, 15) is 14.4 Å². The minimum Gasteiger partial charge on any atom is -0.352 e. The van der Waals surface area contributed by atoms with E-state index >= 15 is 0 Å². The minimum atomic E-state index is -0.0657. The van der Waals surface area contributed by atoms with E-state index in [-0.39, 0.29) is 30.2 Å². The second kappa shape index (κ2) is 10.2. The summed E-state index contributed by atoms with van der Waals surface area (Å²) < 4.78 is 0. The van der Waals surface area contributed by atoms with Crippen LogP contribution in [0.4, 0.5) is 0 Å². The van der Waals surface area contributed by atoms with E-state index in [1.54, 1.807) is 22.2 Å². The molecule has 0 spiro atoms. The number of carbonyl (C=O) groups is 3. The van der Waals surface area contributed by atoms with Crippen LogP contribution in [0.5, 0.6) is 0 Å². The number of nitrogens with one attached hydrogen (secondary N) is 1. The van der Waals surface area contributed by atoms with Crippen molar-refractivity contribution in [1.29, 1.82) is 0 Å². The molecule has 28 heavy (non-hydrogen) atoms. The summed E-state index contributed by atoms with van der Waals surface area (Å²) in [5, 5.41) is 2.96. The average molecular weight is 386 g/mol. The monoisotopic (exact) mass is 386 g/mol. The van der Waals surface area contributed by atoms with Gasteiger partial charge in [-0.15, -0.1) is 0 Å². The highest BCUT2D eigenvalue weighted by Gasteiger charge is 2.28. The fourth-order valence-electron chi connectivity index (χ4n) is 3.87. The third-order valence-electron chi connectivity index (χ3n) is 5.66. The van der Waals surface area contributed by atoms with Gasteiger partial charge in [-0.25, -0.2) is 0 Å². The van der Waals surface area contributed by atoms with Gasteiger partial charge in [-0.2, -0.15) is 0 Å².